The van der Waals surface area contributed by atoms with Crippen LogP contribution in [-0.2, 0) is 4.79 Å². The lowest BCUT2D eigenvalue weighted by atomic mass is 10.2. The molecule has 2 aromatic heterocycles. The van der Waals surface area contributed by atoms with Gasteiger partial charge in [-0.15, -0.1) is 5.10 Å². The molecule has 4 aromatic rings. The summed E-state index contributed by atoms with van der Waals surface area (Å²) in [5, 5.41) is 4.25. The molecule has 0 aliphatic rings. The molecule has 4 rings (SSSR count). The van der Waals surface area contributed by atoms with Crippen molar-refractivity contribution in [2.24, 2.45) is 0 Å². The Morgan fingerprint density at radius 3 is 2.63 bits per heavy atom. The second-order valence-electron chi connectivity index (χ2n) is 6.29. The van der Waals surface area contributed by atoms with Crippen LogP contribution in [0.4, 0.5) is 4.39 Å². The monoisotopic (exact) mass is 425 g/mol. The van der Waals surface area contributed by atoms with Gasteiger partial charge < -0.3 is 9.47 Å². The van der Waals surface area contributed by atoms with E-state index in [0.717, 1.165) is 0 Å². The highest BCUT2D eigenvalue weighted by Gasteiger charge is 2.13. The summed E-state index contributed by atoms with van der Waals surface area (Å²) in [7, 11) is 0. The third-order valence-electron chi connectivity index (χ3n) is 4.10. The van der Waals surface area contributed by atoms with Crippen LogP contribution in [0.25, 0.3) is 22.4 Å². The van der Waals surface area contributed by atoms with E-state index >= 15 is 0 Å². The first-order valence-corrected chi connectivity index (χ1v) is 9.88. The Morgan fingerprint density at radius 1 is 1.20 bits per heavy atom. The van der Waals surface area contributed by atoms with Crippen LogP contribution >= 0.6 is 11.3 Å². The highest BCUT2D eigenvalue weighted by molar-refractivity contribution is 7.15. The van der Waals surface area contributed by atoms with Gasteiger partial charge in [0.2, 0.25) is 4.96 Å². The number of hydrogen-bond donors (Lipinski definition) is 0. The lowest BCUT2D eigenvalue weighted by molar-refractivity contribution is -0.132. The normalized spacial score (nSPS) is 11.8. The maximum Gasteiger partial charge on any atom is 0.308 e. The standard InChI is InChI=1S/C21H16FN3O4S/c1-3-28-17-10-13(4-9-16(17)29-12(2)26)11-18-20(27)25-21(30-18)23-19(24-25)14-5-7-15(22)8-6-14/h4-11H,3H2,1-2H3/b18-11-. The van der Waals surface area contributed by atoms with Crippen molar-refractivity contribution in [2.45, 2.75) is 13.8 Å². The van der Waals surface area contributed by atoms with Gasteiger partial charge in [-0.3, -0.25) is 9.59 Å². The minimum absolute atomic E-state index is 0.308. The molecule has 0 spiro atoms. The summed E-state index contributed by atoms with van der Waals surface area (Å²) >= 11 is 1.19. The van der Waals surface area contributed by atoms with Gasteiger partial charge in [-0.05, 0) is 55.0 Å². The molecular weight excluding hydrogens is 409 g/mol. The molecule has 0 atom stereocenters. The zero-order valence-corrected chi connectivity index (χ0v) is 16.9. The first kappa shape index (κ1) is 19.7. The molecule has 0 saturated heterocycles. The van der Waals surface area contributed by atoms with Crippen LogP contribution in [0.15, 0.2) is 47.3 Å². The SMILES string of the molecule is CCOc1cc(/C=c2\sc3nc(-c4ccc(F)cc4)nn3c2=O)ccc1OC(C)=O. The fraction of sp³-hybridized carbons (Fsp3) is 0.143. The summed E-state index contributed by atoms with van der Waals surface area (Å²) in [5.41, 5.74) is 1.02. The number of carbonyl (C=O) groups is 1. The van der Waals surface area contributed by atoms with E-state index in [0.29, 0.717) is 44.6 Å². The van der Waals surface area contributed by atoms with Gasteiger partial charge in [0.15, 0.2) is 17.3 Å². The Hall–Kier alpha value is -3.59. The minimum Gasteiger partial charge on any atom is -0.490 e. The van der Waals surface area contributed by atoms with Gasteiger partial charge in [0.05, 0.1) is 11.1 Å². The van der Waals surface area contributed by atoms with E-state index in [-0.39, 0.29) is 11.4 Å². The van der Waals surface area contributed by atoms with Crippen molar-refractivity contribution in [2.75, 3.05) is 6.61 Å². The zero-order valence-electron chi connectivity index (χ0n) is 16.1. The summed E-state index contributed by atoms with van der Waals surface area (Å²) in [6.45, 7) is 3.53. The summed E-state index contributed by atoms with van der Waals surface area (Å²) < 4.78 is 25.4. The number of ether oxygens (including phenoxy) is 2. The number of carbonyl (C=O) groups excluding carboxylic acids is 1. The quantitative estimate of drug-likeness (QED) is 0.361. The molecule has 2 aromatic carbocycles. The minimum atomic E-state index is -0.447. The number of hydrogen-bond acceptors (Lipinski definition) is 7. The highest BCUT2D eigenvalue weighted by Crippen LogP contribution is 2.29. The van der Waals surface area contributed by atoms with E-state index in [2.05, 4.69) is 10.1 Å². The van der Waals surface area contributed by atoms with Crippen molar-refractivity contribution >= 4 is 28.3 Å². The van der Waals surface area contributed by atoms with Gasteiger partial charge in [-0.1, -0.05) is 17.4 Å². The second kappa shape index (κ2) is 8.03. The largest absolute Gasteiger partial charge is 0.490 e. The molecule has 9 heteroatoms. The Balaban J connectivity index is 1.72. The fourth-order valence-electron chi connectivity index (χ4n) is 2.83. The maximum atomic E-state index is 13.1. The average Bonchev–Trinajstić information content (AvgIpc) is 3.24. The first-order valence-electron chi connectivity index (χ1n) is 9.07. The van der Waals surface area contributed by atoms with Crippen LogP contribution in [0, 0.1) is 5.82 Å². The van der Waals surface area contributed by atoms with Crippen LogP contribution in [-0.4, -0.2) is 27.2 Å². The molecular formula is C21H16FN3O4S. The third-order valence-corrected chi connectivity index (χ3v) is 5.06. The summed E-state index contributed by atoms with van der Waals surface area (Å²) in [6, 6.07) is 10.8. The molecule has 0 unspecified atom stereocenters. The Kier molecular flexibility index (Phi) is 5.28. The van der Waals surface area contributed by atoms with Gasteiger partial charge in [0.25, 0.3) is 5.56 Å². The van der Waals surface area contributed by atoms with Gasteiger partial charge >= 0.3 is 5.97 Å². The molecule has 0 amide bonds. The van der Waals surface area contributed by atoms with Crippen LogP contribution in [0.3, 0.4) is 0 Å². The van der Waals surface area contributed by atoms with Crippen LogP contribution in [0.5, 0.6) is 11.5 Å². The Labute approximate surface area is 174 Å². The van der Waals surface area contributed by atoms with Crippen molar-refractivity contribution < 1.29 is 18.7 Å². The number of fused-ring (bicyclic) bond motifs is 1. The molecule has 0 saturated carbocycles. The number of nitrogens with zero attached hydrogens (tertiary/aromatic N) is 3. The Morgan fingerprint density at radius 2 is 1.97 bits per heavy atom. The molecule has 0 bridgehead atoms. The molecule has 7 nitrogen and oxygen atoms in total. The van der Waals surface area contributed by atoms with Crippen LogP contribution in [0.1, 0.15) is 19.4 Å². The van der Waals surface area contributed by atoms with Crippen LogP contribution < -0.4 is 19.6 Å². The highest BCUT2D eigenvalue weighted by atomic mass is 32.1. The average molecular weight is 425 g/mol. The van der Waals surface area contributed by atoms with Crippen molar-refractivity contribution in [1.29, 1.82) is 0 Å². The Bertz CT molecular complexity index is 1350. The number of rotatable bonds is 5. The summed E-state index contributed by atoms with van der Waals surface area (Å²) in [6.07, 6.45) is 1.70. The number of esters is 1. The van der Waals surface area contributed by atoms with Gasteiger partial charge in [0, 0.05) is 12.5 Å². The predicted octanol–water partition coefficient (Wildman–Crippen LogP) is 2.83. The van der Waals surface area contributed by atoms with E-state index in [9.17, 15) is 14.0 Å². The number of thiazole rings is 1. The van der Waals surface area contributed by atoms with Crippen molar-refractivity contribution in [3.05, 3.63) is 68.7 Å². The van der Waals surface area contributed by atoms with Crippen molar-refractivity contribution in [3.8, 4) is 22.9 Å². The number of aromatic nitrogens is 3. The molecule has 30 heavy (non-hydrogen) atoms. The number of halogens is 1. The van der Waals surface area contributed by atoms with Crippen molar-refractivity contribution in [3.63, 3.8) is 0 Å². The molecule has 0 fully saturated rings. The second-order valence-corrected chi connectivity index (χ2v) is 7.29. The number of benzene rings is 2. The topological polar surface area (TPSA) is 82.8 Å². The lowest BCUT2D eigenvalue weighted by Gasteiger charge is -2.10. The molecule has 2 heterocycles. The van der Waals surface area contributed by atoms with E-state index in [1.807, 2.05) is 6.92 Å². The first-order chi connectivity index (χ1) is 14.4. The summed E-state index contributed by atoms with van der Waals surface area (Å²) in [5.74, 6) is 0.279. The van der Waals surface area contributed by atoms with E-state index < -0.39 is 5.97 Å². The van der Waals surface area contributed by atoms with E-state index in [1.165, 1.54) is 34.9 Å². The van der Waals surface area contributed by atoms with E-state index in [4.69, 9.17) is 9.47 Å². The molecule has 152 valence electrons. The predicted molar refractivity (Wildman–Crippen MR) is 110 cm³/mol. The summed E-state index contributed by atoms with van der Waals surface area (Å²) in [4.78, 5) is 28.8. The molecule has 0 N–H and O–H groups in total. The molecule has 0 aliphatic heterocycles. The van der Waals surface area contributed by atoms with Crippen molar-refractivity contribution in [1.82, 2.24) is 14.6 Å². The molecule has 0 radical (unpaired) electrons. The molecule has 0 aliphatic carbocycles. The third kappa shape index (κ3) is 3.92. The zero-order chi connectivity index (χ0) is 21.3. The fourth-order valence-corrected chi connectivity index (χ4v) is 3.74. The van der Waals surface area contributed by atoms with Gasteiger partial charge in [-0.2, -0.15) is 9.50 Å². The van der Waals surface area contributed by atoms with Crippen LogP contribution in [0.2, 0.25) is 0 Å². The van der Waals surface area contributed by atoms with E-state index in [1.54, 1.807) is 36.4 Å². The van der Waals surface area contributed by atoms with Gasteiger partial charge in [0.1, 0.15) is 5.82 Å². The smallest absolute Gasteiger partial charge is 0.308 e. The maximum absolute atomic E-state index is 13.1. The van der Waals surface area contributed by atoms with Gasteiger partial charge in [-0.25, -0.2) is 4.39 Å². The lowest BCUT2D eigenvalue weighted by Crippen LogP contribution is -2.23.